The van der Waals surface area contributed by atoms with Crippen LogP contribution < -0.4 is 4.74 Å². The number of carbonyl (C=O) groups excluding carboxylic acids is 1. The molecule has 6 heteroatoms. The third-order valence-corrected chi connectivity index (χ3v) is 3.32. The van der Waals surface area contributed by atoms with Crippen LogP contribution in [0.2, 0.25) is 0 Å². The van der Waals surface area contributed by atoms with E-state index in [1.807, 2.05) is 31.2 Å². The molecule has 0 aliphatic carbocycles. The first-order valence-electron chi connectivity index (χ1n) is 7.84. The van der Waals surface area contributed by atoms with Gasteiger partial charge in [0.15, 0.2) is 0 Å². The van der Waals surface area contributed by atoms with Crippen molar-refractivity contribution in [1.29, 1.82) is 0 Å². The minimum atomic E-state index is -1.17. The fourth-order valence-electron chi connectivity index (χ4n) is 2.14. The summed E-state index contributed by atoms with van der Waals surface area (Å²) in [4.78, 5) is 23.0. The van der Waals surface area contributed by atoms with E-state index in [2.05, 4.69) is 0 Å². The number of esters is 1. The zero-order valence-electron chi connectivity index (χ0n) is 13.9. The Morgan fingerprint density at radius 3 is 2.36 bits per heavy atom. The molecular formula is C19H20O6. The van der Waals surface area contributed by atoms with Crippen molar-refractivity contribution >= 4 is 11.9 Å². The highest BCUT2D eigenvalue weighted by Gasteiger charge is 2.16. The number of carbonyl (C=O) groups is 2. The lowest BCUT2D eigenvalue weighted by molar-refractivity contribution is 0.0269. The molecule has 0 amide bonds. The number of aryl methyl sites for hydroxylation is 1. The molecule has 132 valence electrons. The first kappa shape index (κ1) is 18.5. The van der Waals surface area contributed by atoms with E-state index in [1.165, 1.54) is 12.1 Å². The highest BCUT2D eigenvalue weighted by Crippen LogP contribution is 2.12. The van der Waals surface area contributed by atoms with Crippen molar-refractivity contribution in [3.63, 3.8) is 0 Å². The van der Waals surface area contributed by atoms with Gasteiger partial charge in [0, 0.05) is 0 Å². The van der Waals surface area contributed by atoms with Crippen LogP contribution in [0.15, 0.2) is 48.5 Å². The molecule has 0 unspecified atom stereocenters. The molecule has 0 saturated heterocycles. The van der Waals surface area contributed by atoms with Gasteiger partial charge in [-0.3, -0.25) is 0 Å². The molecule has 2 rings (SSSR count). The minimum Gasteiger partial charge on any atom is -0.491 e. The fraction of sp³-hybridized carbons (Fsp3) is 0.263. The monoisotopic (exact) mass is 344 g/mol. The largest absolute Gasteiger partial charge is 0.491 e. The quantitative estimate of drug-likeness (QED) is 0.556. The molecule has 2 aromatic rings. The van der Waals surface area contributed by atoms with Crippen LogP contribution in [-0.4, -0.2) is 43.5 Å². The van der Waals surface area contributed by atoms with Crippen molar-refractivity contribution in [2.45, 2.75) is 6.92 Å². The van der Waals surface area contributed by atoms with E-state index in [0.29, 0.717) is 13.2 Å². The molecule has 6 nitrogen and oxygen atoms in total. The van der Waals surface area contributed by atoms with Crippen molar-refractivity contribution in [1.82, 2.24) is 0 Å². The molecule has 0 heterocycles. The van der Waals surface area contributed by atoms with E-state index in [0.717, 1.165) is 11.3 Å². The summed E-state index contributed by atoms with van der Waals surface area (Å²) < 4.78 is 15.9. The maximum absolute atomic E-state index is 11.9. The Hall–Kier alpha value is -2.86. The summed E-state index contributed by atoms with van der Waals surface area (Å²) in [6.07, 6.45) is 0. The molecule has 0 spiro atoms. The lowest BCUT2D eigenvalue weighted by atomic mass is 10.1. The van der Waals surface area contributed by atoms with Crippen LogP contribution in [0, 0.1) is 6.92 Å². The number of ether oxygens (including phenoxy) is 3. The van der Waals surface area contributed by atoms with Crippen molar-refractivity contribution in [2.24, 2.45) is 0 Å². The molecule has 0 aliphatic heterocycles. The van der Waals surface area contributed by atoms with Gasteiger partial charge in [0.25, 0.3) is 0 Å². The van der Waals surface area contributed by atoms with Crippen molar-refractivity contribution in [3.8, 4) is 5.75 Å². The molecule has 25 heavy (non-hydrogen) atoms. The molecule has 0 radical (unpaired) electrons. The van der Waals surface area contributed by atoms with Crippen LogP contribution in [0.4, 0.5) is 0 Å². The maximum Gasteiger partial charge on any atom is 0.339 e. The Bertz CT molecular complexity index is 725. The summed E-state index contributed by atoms with van der Waals surface area (Å²) in [5, 5.41) is 9.05. The summed E-state index contributed by atoms with van der Waals surface area (Å²) in [5.74, 6) is -1.07. The standard InChI is InChI=1S/C19H20O6/c1-14-5-4-6-15(13-14)24-11-9-23-10-12-25-19(22)17-8-3-2-7-16(17)18(20)21/h2-8,13H,9-12H2,1H3,(H,20,21). The van der Waals surface area contributed by atoms with Crippen LogP contribution >= 0.6 is 0 Å². The number of benzene rings is 2. The van der Waals surface area contributed by atoms with E-state index >= 15 is 0 Å². The molecule has 0 saturated carbocycles. The summed E-state index contributed by atoms with van der Waals surface area (Å²) >= 11 is 0. The average Bonchev–Trinajstić information content (AvgIpc) is 2.60. The predicted octanol–water partition coefficient (Wildman–Crippen LogP) is 2.95. The Labute approximate surface area is 146 Å². The number of hydrogen-bond donors (Lipinski definition) is 1. The summed E-state index contributed by atoms with van der Waals surface area (Å²) in [6.45, 7) is 2.98. The van der Waals surface area contributed by atoms with E-state index < -0.39 is 11.9 Å². The smallest absolute Gasteiger partial charge is 0.339 e. The molecule has 1 N–H and O–H groups in total. The van der Waals surface area contributed by atoms with Gasteiger partial charge in [-0.05, 0) is 36.8 Å². The topological polar surface area (TPSA) is 82.1 Å². The van der Waals surface area contributed by atoms with Gasteiger partial charge in [0.2, 0.25) is 0 Å². The molecule has 0 aromatic heterocycles. The molecule has 0 fully saturated rings. The maximum atomic E-state index is 11.9. The first-order chi connectivity index (χ1) is 12.1. The Kier molecular flexibility index (Phi) is 6.98. The van der Waals surface area contributed by atoms with Gasteiger partial charge in [-0.1, -0.05) is 24.3 Å². The summed E-state index contributed by atoms with van der Waals surface area (Å²) in [5.41, 5.74) is 1.06. The third kappa shape index (κ3) is 5.93. The lowest BCUT2D eigenvalue weighted by Crippen LogP contribution is -2.16. The molecule has 2 aromatic carbocycles. The van der Waals surface area contributed by atoms with E-state index in [-0.39, 0.29) is 24.3 Å². The number of hydrogen-bond acceptors (Lipinski definition) is 5. The lowest BCUT2D eigenvalue weighted by Gasteiger charge is -2.09. The van der Waals surface area contributed by atoms with Crippen LogP contribution in [0.5, 0.6) is 5.75 Å². The second kappa shape index (κ2) is 9.44. The minimum absolute atomic E-state index is 0.0257. The number of aromatic carboxylic acids is 1. The third-order valence-electron chi connectivity index (χ3n) is 3.32. The van der Waals surface area contributed by atoms with Crippen LogP contribution in [-0.2, 0) is 9.47 Å². The molecule has 0 bridgehead atoms. The van der Waals surface area contributed by atoms with Gasteiger partial charge in [0.1, 0.15) is 19.0 Å². The summed E-state index contributed by atoms with van der Waals surface area (Å²) in [6, 6.07) is 13.6. The van der Waals surface area contributed by atoms with Crippen molar-refractivity contribution < 1.29 is 28.9 Å². The van der Waals surface area contributed by atoms with Crippen LogP contribution in [0.25, 0.3) is 0 Å². The highest BCUT2D eigenvalue weighted by atomic mass is 16.6. The van der Waals surface area contributed by atoms with E-state index in [9.17, 15) is 9.59 Å². The van der Waals surface area contributed by atoms with Gasteiger partial charge >= 0.3 is 11.9 Å². The second-order valence-electron chi connectivity index (χ2n) is 5.26. The number of rotatable bonds is 9. The number of carboxylic acid groups (broad SMARTS) is 1. The highest BCUT2D eigenvalue weighted by molar-refractivity contribution is 6.02. The van der Waals surface area contributed by atoms with Gasteiger partial charge in [0.05, 0.1) is 24.3 Å². The second-order valence-corrected chi connectivity index (χ2v) is 5.26. The molecule has 0 aliphatic rings. The molecule has 0 atom stereocenters. The normalized spacial score (nSPS) is 10.3. The van der Waals surface area contributed by atoms with Gasteiger partial charge < -0.3 is 19.3 Å². The van der Waals surface area contributed by atoms with Gasteiger partial charge in [-0.25, -0.2) is 9.59 Å². The van der Waals surface area contributed by atoms with E-state index in [1.54, 1.807) is 12.1 Å². The zero-order valence-corrected chi connectivity index (χ0v) is 13.9. The van der Waals surface area contributed by atoms with Crippen LogP contribution in [0.1, 0.15) is 26.3 Å². The summed E-state index contributed by atoms with van der Waals surface area (Å²) in [7, 11) is 0. The SMILES string of the molecule is Cc1cccc(OCCOCCOC(=O)c2ccccc2C(=O)O)c1. The molecular weight excluding hydrogens is 324 g/mol. The Morgan fingerprint density at radius 2 is 1.64 bits per heavy atom. The van der Waals surface area contributed by atoms with Crippen molar-refractivity contribution in [3.05, 3.63) is 65.2 Å². The Morgan fingerprint density at radius 1 is 0.920 bits per heavy atom. The van der Waals surface area contributed by atoms with Crippen molar-refractivity contribution in [2.75, 3.05) is 26.4 Å². The fourth-order valence-corrected chi connectivity index (χ4v) is 2.14. The van der Waals surface area contributed by atoms with Crippen LogP contribution in [0.3, 0.4) is 0 Å². The Balaban J connectivity index is 1.65. The zero-order chi connectivity index (χ0) is 18.1. The average molecular weight is 344 g/mol. The number of carboxylic acids is 1. The van der Waals surface area contributed by atoms with Gasteiger partial charge in [-0.15, -0.1) is 0 Å². The van der Waals surface area contributed by atoms with E-state index in [4.69, 9.17) is 19.3 Å². The first-order valence-corrected chi connectivity index (χ1v) is 7.84. The predicted molar refractivity (Wildman–Crippen MR) is 91.2 cm³/mol. The van der Waals surface area contributed by atoms with Gasteiger partial charge in [-0.2, -0.15) is 0 Å².